The Morgan fingerprint density at radius 1 is 1.23 bits per heavy atom. The summed E-state index contributed by atoms with van der Waals surface area (Å²) < 4.78 is 17.2. The van der Waals surface area contributed by atoms with Crippen molar-refractivity contribution in [2.45, 2.75) is 97.9 Å². The Bertz CT molecular complexity index is 690. The number of ether oxygens (including phenoxy) is 3. The van der Waals surface area contributed by atoms with Crippen LogP contribution in [0.15, 0.2) is 23.3 Å². The normalized spacial score (nSPS) is 24.6. The first-order chi connectivity index (χ1) is 14.4. The smallest absolute Gasteiger partial charge is 0.328 e. The summed E-state index contributed by atoms with van der Waals surface area (Å²) >= 11 is 0. The quantitative estimate of drug-likeness (QED) is 0.302. The van der Waals surface area contributed by atoms with Crippen molar-refractivity contribution in [2.75, 3.05) is 6.61 Å². The Morgan fingerprint density at radius 2 is 1.90 bits per heavy atom. The fraction of sp³-hybridized carbons (Fsp3) is 0.708. The monoisotopic (exact) mass is 438 g/mol. The van der Waals surface area contributed by atoms with Crippen LogP contribution in [0.25, 0.3) is 0 Å². The fourth-order valence-electron chi connectivity index (χ4n) is 3.87. The highest BCUT2D eigenvalue weighted by Crippen LogP contribution is 2.34. The fourth-order valence-corrected chi connectivity index (χ4v) is 3.87. The molecule has 31 heavy (non-hydrogen) atoms. The average molecular weight is 439 g/mol. The lowest BCUT2D eigenvalue weighted by atomic mass is 9.86. The number of carboxylic acid groups (broad SMARTS) is 1. The maximum atomic E-state index is 11.6. The molecule has 1 saturated heterocycles. The Morgan fingerprint density at radius 3 is 2.45 bits per heavy atom. The third-order valence-corrected chi connectivity index (χ3v) is 5.67. The van der Waals surface area contributed by atoms with E-state index in [9.17, 15) is 14.4 Å². The van der Waals surface area contributed by atoms with Gasteiger partial charge in [-0.3, -0.25) is 9.59 Å². The number of allylic oxidation sites excluding steroid dienone is 1. The van der Waals surface area contributed by atoms with Gasteiger partial charge in [-0.2, -0.15) is 0 Å². The minimum atomic E-state index is -1.01. The van der Waals surface area contributed by atoms with Gasteiger partial charge in [0.05, 0.1) is 6.61 Å². The van der Waals surface area contributed by atoms with Crippen molar-refractivity contribution in [1.29, 1.82) is 0 Å². The molecule has 1 fully saturated rings. The third-order valence-electron chi connectivity index (χ3n) is 5.67. The largest absolute Gasteiger partial charge is 0.478 e. The van der Waals surface area contributed by atoms with Gasteiger partial charge in [0.15, 0.2) is 0 Å². The van der Waals surface area contributed by atoms with Crippen molar-refractivity contribution in [3.63, 3.8) is 0 Å². The van der Waals surface area contributed by atoms with E-state index in [0.29, 0.717) is 31.3 Å². The van der Waals surface area contributed by atoms with Gasteiger partial charge >= 0.3 is 17.9 Å². The summed E-state index contributed by atoms with van der Waals surface area (Å²) in [4.78, 5) is 34.2. The number of hydrogen-bond acceptors (Lipinski definition) is 6. The van der Waals surface area contributed by atoms with Gasteiger partial charge in [0.25, 0.3) is 0 Å². The van der Waals surface area contributed by atoms with Gasteiger partial charge in [0, 0.05) is 26.3 Å². The minimum absolute atomic E-state index is 0.156. The lowest BCUT2D eigenvalue weighted by molar-refractivity contribution is -0.167. The summed E-state index contributed by atoms with van der Waals surface area (Å²) in [6.45, 7) is 11.0. The van der Waals surface area contributed by atoms with Crippen LogP contribution >= 0.6 is 0 Å². The number of aliphatic carboxylic acids is 1. The second-order valence-electron chi connectivity index (χ2n) is 8.91. The summed E-state index contributed by atoms with van der Waals surface area (Å²) in [5.41, 5.74) is 1.15. The van der Waals surface area contributed by atoms with Crippen LogP contribution in [0.5, 0.6) is 0 Å². The maximum absolute atomic E-state index is 11.6. The number of carbonyl (C=O) groups is 3. The summed E-state index contributed by atoms with van der Waals surface area (Å²) in [5, 5.41) is 9.04. The predicted octanol–water partition coefficient (Wildman–Crippen LogP) is 4.59. The summed E-state index contributed by atoms with van der Waals surface area (Å²) in [6, 6.07) is 0. The molecule has 7 nitrogen and oxygen atoms in total. The van der Waals surface area contributed by atoms with E-state index >= 15 is 0 Å². The minimum Gasteiger partial charge on any atom is -0.478 e. The molecule has 0 aliphatic carbocycles. The van der Waals surface area contributed by atoms with Gasteiger partial charge in [0.2, 0.25) is 0 Å². The molecular weight excluding hydrogens is 400 g/mol. The van der Waals surface area contributed by atoms with E-state index in [0.717, 1.165) is 12.8 Å². The number of esters is 2. The van der Waals surface area contributed by atoms with Crippen molar-refractivity contribution >= 4 is 17.9 Å². The molecule has 1 N–H and O–H groups in total. The van der Waals surface area contributed by atoms with E-state index in [1.807, 2.05) is 20.8 Å². The molecule has 1 heterocycles. The molecule has 0 bridgehead atoms. The topological polar surface area (TPSA) is 99.1 Å². The highest BCUT2D eigenvalue weighted by molar-refractivity contribution is 5.80. The molecule has 1 aliphatic heterocycles. The predicted molar refractivity (Wildman–Crippen MR) is 117 cm³/mol. The molecule has 0 aromatic heterocycles. The van der Waals surface area contributed by atoms with Gasteiger partial charge in [0.1, 0.15) is 17.8 Å². The average Bonchev–Trinajstić information content (AvgIpc) is 2.78. The lowest BCUT2D eigenvalue weighted by Gasteiger charge is -2.35. The highest BCUT2D eigenvalue weighted by Gasteiger charge is 2.39. The Balaban J connectivity index is 2.82. The summed E-state index contributed by atoms with van der Waals surface area (Å²) in [7, 11) is 0. The Kier molecular flexibility index (Phi) is 11.0. The third kappa shape index (κ3) is 10.1. The van der Waals surface area contributed by atoms with Crippen molar-refractivity contribution in [3.05, 3.63) is 23.3 Å². The lowest BCUT2D eigenvalue weighted by Crippen LogP contribution is -2.43. The first-order valence-corrected chi connectivity index (χ1v) is 11.0. The molecule has 0 saturated carbocycles. The van der Waals surface area contributed by atoms with Crippen LogP contribution in [0.2, 0.25) is 0 Å². The van der Waals surface area contributed by atoms with Crippen LogP contribution in [0.1, 0.15) is 80.1 Å². The molecule has 176 valence electrons. The van der Waals surface area contributed by atoms with E-state index in [1.54, 1.807) is 0 Å². The first-order valence-electron chi connectivity index (χ1n) is 11.0. The number of rotatable bonds is 10. The van der Waals surface area contributed by atoms with Crippen LogP contribution in [0, 0.1) is 5.92 Å². The van der Waals surface area contributed by atoms with Gasteiger partial charge in [-0.05, 0) is 57.9 Å². The zero-order valence-corrected chi connectivity index (χ0v) is 19.7. The zero-order chi connectivity index (χ0) is 23.6. The van der Waals surface area contributed by atoms with E-state index in [-0.39, 0.29) is 30.6 Å². The van der Waals surface area contributed by atoms with E-state index in [1.165, 1.54) is 25.5 Å². The van der Waals surface area contributed by atoms with Crippen LogP contribution < -0.4 is 0 Å². The summed E-state index contributed by atoms with van der Waals surface area (Å²) in [5.74, 6) is -1.52. The van der Waals surface area contributed by atoms with Crippen molar-refractivity contribution < 1.29 is 33.7 Å². The maximum Gasteiger partial charge on any atom is 0.328 e. The molecule has 0 radical (unpaired) electrons. The van der Waals surface area contributed by atoms with Crippen molar-refractivity contribution in [1.82, 2.24) is 0 Å². The molecule has 1 rings (SSSR count). The molecule has 4 unspecified atom stereocenters. The molecule has 1 aliphatic rings. The Hall–Kier alpha value is -2.15. The summed E-state index contributed by atoms with van der Waals surface area (Å²) in [6.07, 6.45) is 6.56. The number of carbonyl (C=O) groups excluding carboxylic acids is 2. The van der Waals surface area contributed by atoms with Crippen LogP contribution in [0.4, 0.5) is 0 Å². The standard InChI is InChI=1S/C24H38O7/c1-16(2)9-11-21(30-18(4)25)17(3)8-7-13-24(6)22(31-19(5)26)12-10-20(15-29-24)14-23(27)28/h9,14,17,21-22H,7-8,10-13,15H2,1-6H3,(H,27,28). The van der Waals surface area contributed by atoms with Gasteiger partial charge in [-0.1, -0.05) is 25.0 Å². The van der Waals surface area contributed by atoms with Crippen LogP contribution in [0.3, 0.4) is 0 Å². The zero-order valence-electron chi connectivity index (χ0n) is 19.7. The molecule has 0 amide bonds. The highest BCUT2D eigenvalue weighted by atomic mass is 16.6. The van der Waals surface area contributed by atoms with Gasteiger partial charge < -0.3 is 19.3 Å². The van der Waals surface area contributed by atoms with E-state index in [4.69, 9.17) is 19.3 Å². The van der Waals surface area contributed by atoms with Gasteiger partial charge in [-0.25, -0.2) is 4.79 Å². The Labute approximate surface area is 185 Å². The van der Waals surface area contributed by atoms with Crippen molar-refractivity contribution in [3.8, 4) is 0 Å². The molecule has 0 spiro atoms. The number of hydrogen-bond donors (Lipinski definition) is 1. The van der Waals surface area contributed by atoms with Crippen molar-refractivity contribution in [2.24, 2.45) is 5.92 Å². The second-order valence-corrected chi connectivity index (χ2v) is 8.91. The molecule has 4 atom stereocenters. The van der Waals surface area contributed by atoms with Gasteiger partial charge in [-0.15, -0.1) is 0 Å². The van der Waals surface area contributed by atoms with Crippen LogP contribution in [-0.4, -0.2) is 47.4 Å². The molecular formula is C24H38O7. The first kappa shape index (κ1) is 26.9. The number of carboxylic acids is 1. The molecule has 7 heteroatoms. The van der Waals surface area contributed by atoms with E-state index < -0.39 is 17.7 Å². The van der Waals surface area contributed by atoms with E-state index in [2.05, 4.69) is 13.0 Å². The second kappa shape index (κ2) is 12.6. The molecule has 0 aromatic rings. The SMILES string of the molecule is CC(=O)OC(CC=C(C)C)C(C)CCCC1(C)OCC(=CC(=O)O)CCC1OC(C)=O. The van der Waals surface area contributed by atoms with Crippen LogP contribution in [-0.2, 0) is 28.6 Å². The molecule has 0 aromatic carbocycles.